The van der Waals surface area contributed by atoms with Crippen LogP contribution in [0.2, 0.25) is 5.15 Å². The van der Waals surface area contributed by atoms with Gasteiger partial charge in [-0.3, -0.25) is 0 Å². The fraction of sp³-hybridized carbons (Fsp3) is 0.0714. The molecule has 1 aromatic carbocycles. The van der Waals surface area contributed by atoms with E-state index < -0.39 is 16.9 Å². The van der Waals surface area contributed by atoms with Crippen LogP contribution in [-0.4, -0.2) is 15.0 Å². The molecule has 0 radical (unpaired) electrons. The van der Waals surface area contributed by atoms with Crippen LogP contribution in [0.25, 0.3) is 11.3 Å². The summed E-state index contributed by atoms with van der Waals surface area (Å²) in [6.45, 7) is 0. The molecule has 0 unspecified atom stereocenters. The van der Waals surface area contributed by atoms with Crippen LogP contribution in [0.3, 0.4) is 0 Å². The van der Waals surface area contributed by atoms with Gasteiger partial charge in [-0.2, -0.15) is 13.2 Å². The molecule has 0 amide bonds. The van der Waals surface area contributed by atoms with Crippen molar-refractivity contribution in [2.24, 2.45) is 0 Å². The molecule has 118 valence electrons. The summed E-state index contributed by atoms with van der Waals surface area (Å²) < 4.78 is 43.0. The summed E-state index contributed by atoms with van der Waals surface area (Å²) in [7, 11) is 0. The van der Waals surface area contributed by atoms with Gasteiger partial charge in [0.2, 0.25) is 5.95 Å². The maximum absolute atomic E-state index is 12.6. The van der Waals surface area contributed by atoms with Crippen LogP contribution in [0.1, 0.15) is 5.56 Å². The summed E-state index contributed by atoms with van der Waals surface area (Å²) in [5.74, 6) is 0.512. The minimum atomic E-state index is -4.60. The quantitative estimate of drug-likeness (QED) is 0.709. The molecule has 5 nitrogen and oxygen atoms in total. The Labute approximate surface area is 133 Å². The molecule has 0 saturated carbocycles. The number of alkyl halides is 3. The molecule has 0 aliphatic rings. The number of oxazole rings is 1. The lowest BCUT2D eigenvalue weighted by atomic mass is 10.1. The minimum absolute atomic E-state index is 0.0438. The van der Waals surface area contributed by atoms with Crippen molar-refractivity contribution in [1.29, 1.82) is 0 Å². The predicted octanol–water partition coefficient (Wildman–Crippen LogP) is 4.55. The van der Waals surface area contributed by atoms with Crippen LogP contribution >= 0.6 is 11.6 Å². The van der Waals surface area contributed by atoms with E-state index in [1.165, 1.54) is 6.39 Å². The van der Waals surface area contributed by atoms with E-state index in [2.05, 4.69) is 20.3 Å². The van der Waals surface area contributed by atoms with Gasteiger partial charge in [0.1, 0.15) is 10.7 Å². The predicted molar refractivity (Wildman–Crippen MR) is 77.3 cm³/mol. The second kappa shape index (κ2) is 5.88. The lowest BCUT2D eigenvalue weighted by molar-refractivity contribution is -0.137. The van der Waals surface area contributed by atoms with Gasteiger partial charge < -0.3 is 9.73 Å². The standard InChI is InChI=1S/C14H8ClF3N4O/c15-12-10(14(16,17)18)5-20-13(22-12)21-9-3-1-2-8(4-9)11-6-19-7-23-11/h1-7H,(H,20,21,22). The minimum Gasteiger partial charge on any atom is -0.444 e. The van der Waals surface area contributed by atoms with Gasteiger partial charge in [0.05, 0.1) is 6.20 Å². The zero-order valence-electron chi connectivity index (χ0n) is 11.3. The van der Waals surface area contributed by atoms with Gasteiger partial charge in [-0.05, 0) is 12.1 Å². The normalized spacial score (nSPS) is 11.5. The molecule has 0 fully saturated rings. The molecule has 0 aliphatic carbocycles. The van der Waals surface area contributed by atoms with Crippen molar-refractivity contribution < 1.29 is 17.6 Å². The van der Waals surface area contributed by atoms with Crippen LogP contribution in [-0.2, 0) is 6.18 Å². The first-order valence-electron chi connectivity index (χ1n) is 6.29. The largest absolute Gasteiger partial charge is 0.444 e. The van der Waals surface area contributed by atoms with Crippen molar-refractivity contribution in [3.05, 3.63) is 53.8 Å². The summed E-state index contributed by atoms with van der Waals surface area (Å²) in [5, 5.41) is 2.12. The number of anilines is 2. The molecular weight excluding hydrogens is 333 g/mol. The molecule has 1 N–H and O–H groups in total. The highest BCUT2D eigenvalue weighted by molar-refractivity contribution is 6.30. The molecule has 0 atom stereocenters. The number of aromatic nitrogens is 3. The van der Waals surface area contributed by atoms with Gasteiger partial charge in [-0.15, -0.1) is 0 Å². The van der Waals surface area contributed by atoms with Crippen molar-refractivity contribution >= 4 is 23.2 Å². The highest BCUT2D eigenvalue weighted by Gasteiger charge is 2.34. The third kappa shape index (κ3) is 3.42. The highest BCUT2D eigenvalue weighted by Crippen LogP contribution is 2.33. The third-order valence-corrected chi connectivity index (χ3v) is 3.17. The molecule has 0 spiro atoms. The number of benzene rings is 1. The van der Waals surface area contributed by atoms with Crippen molar-refractivity contribution in [1.82, 2.24) is 15.0 Å². The molecule has 0 bridgehead atoms. The maximum Gasteiger partial charge on any atom is 0.420 e. The van der Waals surface area contributed by atoms with Gasteiger partial charge in [-0.25, -0.2) is 15.0 Å². The van der Waals surface area contributed by atoms with E-state index >= 15 is 0 Å². The van der Waals surface area contributed by atoms with Crippen LogP contribution in [0, 0.1) is 0 Å². The van der Waals surface area contributed by atoms with Crippen molar-refractivity contribution in [3.8, 4) is 11.3 Å². The Kier molecular flexibility index (Phi) is 3.91. The lowest BCUT2D eigenvalue weighted by Crippen LogP contribution is -2.09. The van der Waals surface area contributed by atoms with Crippen molar-refractivity contribution in [2.45, 2.75) is 6.18 Å². The average Bonchev–Trinajstić information content (AvgIpc) is 3.00. The molecule has 2 aromatic heterocycles. The van der Waals surface area contributed by atoms with E-state index in [0.29, 0.717) is 17.6 Å². The molecule has 2 heterocycles. The summed E-state index contributed by atoms with van der Waals surface area (Å²) in [6.07, 6.45) is -1.11. The van der Waals surface area contributed by atoms with Gasteiger partial charge in [-0.1, -0.05) is 23.7 Å². The molecule has 9 heteroatoms. The van der Waals surface area contributed by atoms with Gasteiger partial charge >= 0.3 is 6.18 Å². The van der Waals surface area contributed by atoms with Gasteiger partial charge in [0, 0.05) is 17.4 Å². The zero-order valence-corrected chi connectivity index (χ0v) is 12.1. The first kappa shape index (κ1) is 15.3. The van der Waals surface area contributed by atoms with Crippen molar-refractivity contribution in [3.63, 3.8) is 0 Å². The summed E-state index contributed by atoms with van der Waals surface area (Å²) >= 11 is 5.56. The van der Waals surface area contributed by atoms with Gasteiger partial charge in [0.25, 0.3) is 0 Å². The number of hydrogen-bond donors (Lipinski definition) is 1. The van der Waals surface area contributed by atoms with Crippen LogP contribution in [0.5, 0.6) is 0 Å². The topological polar surface area (TPSA) is 63.8 Å². The van der Waals surface area contributed by atoms with E-state index in [-0.39, 0.29) is 5.95 Å². The first-order chi connectivity index (χ1) is 10.9. The van der Waals surface area contributed by atoms with Gasteiger partial charge in [0.15, 0.2) is 12.2 Å². The summed E-state index contributed by atoms with van der Waals surface area (Å²) in [4.78, 5) is 11.1. The number of nitrogens with zero attached hydrogens (tertiary/aromatic N) is 3. The fourth-order valence-electron chi connectivity index (χ4n) is 1.85. The van der Waals surface area contributed by atoms with E-state index in [4.69, 9.17) is 16.0 Å². The maximum atomic E-state index is 12.6. The fourth-order valence-corrected chi connectivity index (χ4v) is 2.09. The second-order valence-corrected chi connectivity index (χ2v) is 4.83. The SMILES string of the molecule is FC(F)(F)c1cnc(Nc2cccc(-c3cnco3)c2)nc1Cl. The second-order valence-electron chi connectivity index (χ2n) is 4.47. The molecule has 0 aliphatic heterocycles. The molecule has 3 rings (SSSR count). The molecule has 0 saturated heterocycles. The summed E-state index contributed by atoms with van der Waals surface area (Å²) in [5.41, 5.74) is 0.223. The van der Waals surface area contributed by atoms with Crippen molar-refractivity contribution in [2.75, 3.05) is 5.32 Å². The zero-order chi connectivity index (χ0) is 16.4. The average molecular weight is 341 g/mol. The Bertz CT molecular complexity index is 821. The van der Waals surface area contributed by atoms with E-state index in [1.54, 1.807) is 30.5 Å². The number of halogens is 4. The van der Waals surface area contributed by atoms with E-state index in [1.807, 2.05) is 0 Å². The smallest absolute Gasteiger partial charge is 0.420 e. The highest BCUT2D eigenvalue weighted by atomic mass is 35.5. The van der Waals surface area contributed by atoms with Crippen LogP contribution in [0.15, 0.2) is 47.5 Å². The van der Waals surface area contributed by atoms with E-state index in [0.717, 1.165) is 5.56 Å². The lowest BCUT2D eigenvalue weighted by Gasteiger charge is -2.10. The first-order valence-corrected chi connectivity index (χ1v) is 6.67. The molecular formula is C14H8ClF3N4O. The van der Waals surface area contributed by atoms with Crippen LogP contribution < -0.4 is 5.32 Å². The Morgan fingerprint density at radius 2 is 2.00 bits per heavy atom. The Hall–Kier alpha value is -2.61. The van der Waals surface area contributed by atoms with Crippen LogP contribution in [0.4, 0.5) is 24.8 Å². The summed E-state index contributed by atoms with van der Waals surface area (Å²) in [6, 6.07) is 6.96. The number of rotatable bonds is 3. The Balaban J connectivity index is 1.85. The Morgan fingerprint density at radius 3 is 2.65 bits per heavy atom. The molecule has 3 aromatic rings. The third-order valence-electron chi connectivity index (χ3n) is 2.88. The van der Waals surface area contributed by atoms with E-state index in [9.17, 15) is 13.2 Å². The Morgan fingerprint density at radius 1 is 1.17 bits per heavy atom. The monoisotopic (exact) mass is 340 g/mol. The number of hydrogen-bond acceptors (Lipinski definition) is 5. The number of nitrogens with one attached hydrogen (secondary N) is 1. The molecule has 23 heavy (non-hydrogen) atoms.